The van der Waals surface area contributed by atoms with Crippen LogP contribution in [-0.4, -0.2) is 19.1 Å². The summed E-state index contributed by atoms with van der Waals surface area (Å²) in [5.74, 6) is 1.47. The largest absolute Gasteiger partial charge is 0.383 e. The summed E-state index contributed by atoms with van der Waals surface area (Å²) < 4.78 is 0. The number of nitrogens with one attached hydrogen (secondary N) is 4. The Kier molecular flexibility index (Phi) is 9.62. The van der Waals surface area contributed by atoms with Crippen molar-refractivity contribution in [1.29, 1.82) is 0 Å². The number of para-hydroxylation sites is 1. The summed E-state index contributed by atoms with van der Waals surface area (Å²) in [6.45, 7) is 8.95. The zero-order valence-corrected chi connectivity index (χ0v) is 22.4. The fourth-order valence-electron chi connectivity index (χ4n) is 5.68. The van der Waals surface area contributed by atoms with Crippen LogP contribution in [0.15, 0.2) is 36.4 Å². The van der Waals surface area contributed by atoms with Crippen LogP contribution in [0.3, 0.4) is 0 Å². The van der Waals surface area contributed by atoms with E-state index in [0.29, 0.717) is 12.0 Å². The molecule has 4 N–H and O–H groups in total. The molecule has 192 valence electrons. The van der Waals surface area contributed by atoms with Gasteiger partial charge in [0, 0.05) is 30.5 Å². The second-order valence-corrected chi connectivity index (χ2v) is 11.3. The third kappa shape index (κ3) is 7.56. The van der Waals surface area contributed by atoms with Gasteiger partial charge in [0.05, 0.1) is 17.1 Å². The van der Waals surface area contributed by atoms with Gasteiger partial charge in [-0.25, -0.2) is 0 Å². The minimum atomic E-state index is 0.567. The van der Waals surface area contributed by atoms with Crippen molar-refractivity contribution in [2.24, 2.45) is 11.8 Å². The molecule has 0 heterocycles. The van der Waals surface area contributed by atoms with Crippen LogP contribution in [0.25, 0.3) is 0 Å². The molecule has 4 heteroatoms. The van der Waals surface area contributed by atoms with Gasteiger partial charge < -0.3 is 21.3 Å². The Hall–Kier alpha value is -2.36. The van der Waals surface area contributed by atoms with Crippen LogP contribution in [0.1, 0.15) is 90.0 Å². The Bertz CT molecular complexity index is 896. The monoisotopic (exact) mass is 476 g/mol. The normalized spacial score (nSPS) is 17.4. The summed E-state index contributed by atoms with van der Waals surface area (Å²) in [7, 11) is 0. The maximum atomic E-state index is 4.02. The highest BCUT2D eigenvalue weighted by Gasteiger charge is 2.22. The zero-order valence-electron chi connectivity index (χ0n) is 22.4. The van der Waals surface area contributed by atoms with Crippen LogP contribution >= 0.6 is 0 Å². The van der Waals surface area contributed by atoms with E-state index in [9.17, 15) is 0 Å². The van der Waals surface area contributed by atoms with Crippen molar-refractivity contribution in [1.82, 2.24) is 0 Å². The molecule has 4 nitrogen and oxygen atoms in total. The number of hydrogen-bond donors (Lipinski definition) is 4. The highest BCUT2D eigenvalue weighted by atomic mass is 15.0. The molecule has 2 saturated carbocycles. The maximum Gasteiger partial charge on any atom is 0.0818 e. The first-order valence-electron chi connectivity index (χ1n) is 14.3. The highest BCUT2D eigenvalue weighted by molar-refractivity contribution is 5.91. The van der Waals surface area contributed by atoms with E-state index in [4.69, 9.17) is 0 Å². The molecule has 2 aromatic carbocycles. The molecule has 0 aromatic heterocycles. The van der Waals surface area contributed by atoms with E-state index in [-0.39, 0.29) is 0 Å². The van der Waals surface area contributed by atoms with E-state index in [1.165, 1.54) is 98.9 Å². The van der Waals surface area contributed by atoms with Crippen molar-refractivity contribution >= 4 is 28.4 Å². The molecule has 0 spiro atoms. The lowest BCUT2D eigenvalue weighted by Gasteiger charge is -2.30. The summed E-state index contributed by atoms with van der Waals surface area (Å²) in [6, 6.07) is 13.5. The minimum Gasteiger partial charge on any atom is -0.383 e. The Morgan fingerprint density at radius 3 is 2.17 bits per heavy atom. The van der Waals surface area contributed by atoms with Gasteiger partial charge in [0.15, 0.2) is 0 Å². The van der Waals surface area contributed by atoms with Gasteiger partial charge in [0.2, 0.25) is 0 Å². The summed E-state index contributed by atoms with van der Waals surface area (Å²) in [5, 5.41) is 15.5. The van der Waals surface area contributed by atoms with Crippen LogP contribution in [-0.2, 0) is 0 Å². The molecule has 0 atom stereocenters. The van der Waals surface area contributed by atoms with Crippen LogP contribution in [0, 0.1) is 18.8 Å². The molecule has 2 fully saturated rings. The van der Waals surface area contributed by atoms with E-state index >= 15 is 0 Å². The lowest BCUT2D eigenvalue weighted by molar-refractivity contribution is 0.373. The number of rotatable bonds is 11. The van der Waals surface area contributed by atoms with Crippen molar-refractivity contribution in [3.63, 3.8) is 0 Å². The predicted octanol–water partition coefficient (Wildman–Crippen LogP) is 8.93. The third-order valence-corrected chi connectivity index (χ3v) is 7.92. The van der Waals surface area contributed by atoms with Crippen molar-refractivity contribution in [3.8, 4) is 0 Å². The van der Waals surface area contributed by atoms with E-state index in [1.54, 1.807) is 0 Å². The number of benzene rings is 2. The quantitative estimate of drug-likeness (QED) is 0.261. The molecule has 0 bridgehead atoms. The molecule has 0 aliphatic heterocycles. The van der Waals surface area contributed by atoms with Gasteiger partial charge in [-0.05, 0) is 74.6 Å². The second kappa shape index (κ2) is 13.1. The van der Waals surface area contributed by atoms with Crippen molar-refractivity contribution < 1.29 is 0 Å². The van der Waals surface area contributed by atoms with Gasteiger partial charge in [0.25, 0.3) is 0 Å². The summed E-state index contributed by atoms with van der Waals surface area (Å²) in [6.07, 6.45) is 14.7. The number of anilines is 5. The molecule has 0 radical (unpaired) electrons. The summed E-state index contributed by atoms with van der Waals surface area (Å²) in [4.78, 5) is 0. The zero-order chi connectivity index (χ0) is 24.5. The first kappa shape index (κ1) is 25.7. The van der Waals surface area contributed by atoms with E-state index < -0.39 is 0 Å². The molecular weight excluding hydrogens is 428 g/mol. The van der Waals surface area contributed by atoms with E-state index in [2.05, 4.69) is 78.4 Å². The van der Waals surface area contributed by atoms with E-state index in [0.717, 1.165) is 24.7 Å². The smallest absolute Gasteiger partial charge is 0.0818 e. The minimum absolute atomic E-state index is 0.567. The van der Waals surface area contributed by atoms with Crippen molar-refractivity contribution in [2.75, 3.05) is 34.4 Å². The Balaban J connectivity index is 1.66. The van der Waals surface area contributed by atoms with Gasteiger partial charge in [-0.2, -0.15) is 0 Å². The first-order valence-corrected chi connectivity index (χ1v) is 14.3. The van der Waals surface area contributed by atoms with Gasteiger partial charge in [0.1, 0.15) is 0 Å². The van der Waals surface area contributed by atoms with Crippen molar-refractivity contribution in [3.05, 3.63) is 42.0 Å². The average Bonchev–Trinajstić information content (AvgIpc) is 2.88. The first-order chi connectivity index (χ1) is 17.1. The van der Waals surface area contributed by atoms with E-state index in [1.807, 2.05) is 0 Å². The molecule has 35 heavy (non-hydrogen) atoms. The predicted molar refractivity (Wildman–Crippen MR) is 154 cm³/mol. The summed E-state index contributed by atoms with van der Waals surface area (Å²) in [5.41, 5.74) is 7.42. The third-order valence-electron chi connectivity index (χ3n) is 7.92. The van der Waals surface area contributed by atoms with Gasteiger partial charge in [-0.3, -0.25) is 0 Å². The van der Waals surface area contributed by atoms with Crippen LogP contribution < -0.4 is 21.3 Å². The van der Waals surface area contributed by atoms with Gasteiger partial charge in [-0.1, -0.05) is 70.6 Å². The standard InChI is InChI=1S/C31H48N4/c1-23(2)19-20-32-29-21-28(34-26-15-9-5-10-16-26)24(3)30(33-22-25-13-7-4-8-14-25)31(29)35-27-17-11-6-12-18-27/h5,9-10,15-16,21,23,25,27,32-35H,4,6-8,11-14,17-20,22H2,1-3H3. The average molecular weight is 477 g/mol. The highest BCUT2D eigenvalue weighted by Crippen LogP contribution is 2.42. The molecule has 2 aliphatic carbocycles. The van der Waals surface area contributed by atoms with Crippen LogP contribution in [0.4, 0.5) is 28.4 Å². The SMILES string of the molecule is Cc1c(Nc2ccccc2)cc(NCCC(C)C)c(NC2CCCCC2)c1NCC1CCCCC1. The summed E-state index contributed by atoms with van der Waals surface area (Å²) >= 11 is 0. The molecule has 4 rings (SSSR count). The molecule has 0 amide bonds. The molecule has 0 unspecified atom stereocenters. The fraction of sp³-hybridized carbons (Fsp3) is 0.613. The fourth-order valence-corrected chi connectivity index (χ4v) is 5.68. The molecule has 2 aromatic rings. The lowest BCUT2D eigenvalue weighted by Crippen LogP contribution is -2.25. The Labute approximate surface area is 214 Å². The Morgan fingerprint density at radius 2 is 1.49 bits per heavy atom. The second-order valence-electron chi connectivity index (χ2n) is 11.3. The van der Waals surface area contributed by atoms with Crippen LogP contribution in [0.2, 0.25) is 0 Å². The molecule has 2 aliphatic rings. The van der Waals surface area contributed by atoms with Crippen molar-refractivity contribution in [2.45, 2.75) is 97.4 Å². The van der Waals surface area contributed by atoms with Gasteiger partial charge >= 0.3 is 0 Å². The maximum absolute atomic E-state index is 4.02. The number of hydrogen-bond acceptors (Lipinski definition) is 4. The molecule has 0 saturated heterocycles. The lowest BCUT2D eigenvalue weighted by atomic mass is 9.89. The van der Waals surface area contributed by atoms with Gasteiger partial charge in [-0.15, -0.1) is 0 Å². The van der Waals surface area contributed by atoms with Crippen LogP contribution in [0.5, 0.6) is 0 Å². The molecular formula is C31H48N4. The Morgan fingerprint density at radius 1 is 0.800 bits per heavy atom. The topological polar surface area (TPSA) is 48.1 Å².